The molecule has 0 spiro atoms. The molecule has 0 amide bonds. The molecule has 0 saturated carbocycles. The van der Waals surface area contributed by atoms with Gasteiger partial charge in [0.25, 0.3) is 0 Å². The molecular formula is C6H13N3. The van der Waals surface area contributed by atoms with E-state index in [4.69, 9.17) is 0 Å². The van der Waals surface area contributed by atoms with E-state index in [0.29, 0.717) is 6.67 Å². The Balaban J connectivity index is 3.16. The molecule has 0 unspecified atom stereocenters. The van der Waals surface area contributed by atoms with Crippen LogP contribution in [0.3, 0.4) is 0 Å². The van der Waals surface area contributed by atoms with Crippen LogP contribution >= 0.6 is 0 Å². The van der Waals surface area contributed by atoms with Gasteiger partial charge in [0.2, 0.25) is 0 Å². The summed E-state index contributed by atoms with van der Waals surface area (Å²) in [6.07, 6.45) is 3.44. The van der Waals surface area contributed by atoms with E-state index in [1.165, 1.54) is 0 Å². The highest BCUT2D eigenvalue weighted by Crippen LogP contribution is 1.71. The molecule has 0 atom stereocenters. The summed E-state index contributed by atoms with van der Waals surface area (Å²) in [6, 6.07) is 0. The van der Waals surface area contributed by atoms with Gasteiger partial charge < -0.3 is 5.01 Å². The second-order valence-electron chi connectivity index (χ2n) is 1.55. The first kappa shape index (κ1) is 8.17. The first-order chi connectivity index (χ1) is 4.31. The Labute approximate surface area is 56.0 Å². The smallest absolute Gasteiger partial charge is 0.105 e. The highest BCUT2D eigenvalue weighted by Gasteiger charge is 1.81. The van der Waals surface area contributed by atoms with Crippen molar-refractivity contribution < 1.29 is 0 Å². The summed E-state index contributed by atoms with van der Waals surface area (Å²) in [4.78, 5) is 3.93. The molecule has 0 radical (unpaired) electrons. The number of rotatable bonds is 4. The van der Waals surface area contributed by atoms with Crippen molar-refractivity contribution in [2.75, 3.05) is 13.7 Å². The largest absolute Gasteiger partial charge is 0.318 e. The van der Waals surface area contributed by atoms with Crippen LogP contribution in [0, 0.1) is 0 Å². The molecule has 0 aromatic carbocycles. The molecule has 0 aliphatic carbocycles. The Morgan fingerprint density at radius 2 is 2.44 bits per heavy atom. The number of aliphatic imine (C=N–C) groups is 1. The van der Waals surface area contributed by atoms with E-state index in [2.05, 4.69) is 17.0 Å². The monoisotopic (exact) mass is 127 g/mol. The molecule has 52 valence electrons. The third kappa shape index (κ3) is 5.03. The zero-order valence-corrected chi connectivity index (χ0v) is 5.96. The first-order valence-electron chi connectivity index (χ1n) is 2.84. The molecule has 0 heterocycles. The van der Waals surface area contributed by atoms with Crippen molar-refractivity contribution in [1.29, 1.82) is 0 Å². The number of nitrogens with zero attached hydrogens (tertiary/aromatic N) is 2. The van der Waals surface area contributed by atoms with E-state index in [1.54, 1.807) is 17.4 Å². The Bertz CT molecular complexity index is 98.5. The predicted molar refractivity (Wildman–Crippen MR) is 40.1 cm³/mol. The van der Waals surface area contributed by atoms with E-state index in [0.717, 1.165) is 0 Å². The van der Waals surface area contributed by atoms with Gasteiger partial charge >= 0.3 is 0 Å². The minimum atomic E-state index is 0.610. The zero-order chi connectivity index (χ0) is 7.11. The van der Waals surface area contributed by atoms with Gasteiger partial charge in [-0.1, -0.05) is 6.58 Å². The maximum atomic E-state index is 3.93. The predicted octanol–water partition coefficient (Wildman–Crippen LogP) is 0.615. The maximum absolute atomic E-state index is 3.93. The summed E-state index contributed by atoms with van der Waals surface area (Å²) in [6.45, 7) is 6.05. The van der Waals surface area contributed by atoms with Crippen LogP contribution in [0.15, 0.2) is 17.8 Å². The Kier molecular flexibility index (Phi) is 4.82. The van der Waals surface area contributed by atoms with Gasteiger partial charge in [-0.15, -0.1) is 0 Å². The van der Waals surface area contributed by atoms with Gasteiger partial charge in [0.05, 0.1) is 0 Å². The lowest BCUT2D eigenvalue weighted by Gasteiger charge is -2.11. The lowest BCUT2D eigenvalue weighted by atomic mass is 10.9. The summed E-state index contributed by atoms with van der Waals surface area (Å²) in [5, 5.41) is 1.76. The molecule has 0 saturated heterocycles. The average Bonchev–Trinajstić information content (AvgIpc) is 1.89. The molecule has 3 nitrogen and oxygen atoms in total. The van der Waals surface area contributed by atoms with Crippen LogP contribution in [0.25, 0.3) is 0 Å². The van der Waals surface area contributed by atoms with Crippen molar-refractivity contribution in [2.45, 2.75) is 6.92 Å². The fourth-order valence-corrected chi connectivity index (χ4v) is 0.308. The number of hydrazine groups is 1. The highest BCUT2D eigenvalue weighted by molar-refractivity contribution is 5.52. The molecule has 0 aliphatic heterocycles. The Morgan fingerprint density at radius 1 is 1.78 bits per heavy atom. The quantitative estimate of drug-likeness (QED) is 0.442. The van der Waals surface area contributed by atoms with Gasteiger partial charge in [0, 0.05) is 13.2 Å². The Hall–Kier alpha value is -0.830. The van der Waals surface area contributed by atoms with Crippen molar-refractivity contribution in [3.8, 4) is 0 Å². The van der Waals surface area contributed by atoms with Crippen molar-refractivity contribution in [1.82, 2.24) is 10.4 Å². The molecule has 0 rings (SSSR count). The van der Waals surface area contributed by atoms with Crippen molar-refractivity contribution >= 4 is 6.21 Å². The highest BCUT2D eigenvalue weighted by atomic mass is 15.5. The van der Waals surface area contributed by atoms with Crippen LogP contribution in [0.4, 0.5) is 0 Å². The molecule has 0 aromatic rings. The first-order valence-corrected chi connectivity index (χ1v) is 2.84. The van der Waals surface area contributed by atoms with E-state index in [1.807, 2.05) is 14.0 Å². The Morgan fingerprint density at radius 3 is 2.89 bits per heavy atom. The molecular weight excluding hydrogens is 114 g/mol. The molecule has 1 N–H and O–H groups in total. The van der Waals surface area contributed by atoms with E-state index >= 15 is 0 Å². The van der Waals surface area contributed by atoms with E-state index in [9.17, 15) is 0 Å². The molecule has 0 bridgehead atoms. The standard InChI is InChI=1S/C6H13N3/c1-4-7-6-8-9(3)5-2/h4-5,8H,2,6H2,1,3H3. The van der Waals surface area contributed by atoms with Crippen molar-refractivity contribution in [3.63, 3.8) is 0 Å². The molecule has 0 aromatic heterocycles. The topological polar surface area (TPSA) is 27.6 Å². The minimum absolute atomic E-state index is 0.610. The van der Waals surface area contributed by atoms with Crippen LogP contribution in [-0.2, 0) is 0 Å². The molecule has 9 heavy (non-hydrogen) atoms. The molecule has 0 fully saturated rings. The molecule has 3 heteroatoms. The lowest BCUT2D eigenvalue weighted by molar-refractivity contribution is 0.335. The van der Waals surface area contributed by atoms with Crippen molar-refractivity contribution in [2.24, 2.45) is 4.99 Å². The summed E-state index contributed by atoms with van der Waals surface area (Å²) < 4.78 is 0. The van der Waals surface area contributed by atoms with Gasteiger partial charge in [-0.2, -0.15) is 0 Å². The summed E-state index contributed by atoms with van der Waals surface area (Å²) in [5.41, 5.74) is 2.95. The summed E-state index contributed by atoms with van der Waals surface area (Å²) in [7, 11) is 1.87. The third-order valence-corrected chi connectivity index (χ3v) is 0.868. The van der Waals surface area contributed by atoms with Gasteiger partial charge in [-0.3, -0.25) is 4.99 Å². The van der Waals surface area contributed by atoms with Crippen LogP contribution in [0.2, 0.25) is 0 Å². The van der Waals surface area contributed by atoms with Crippen LogP contribution < -0.4 is 5.43 Å². The number of nitrogens with one attached hydrogen (secondary N) is 1. The summed E-state index contributed by atoms with van der Waals surface area (Å²) >= 11 is 0. The van der Waals surface area contributed by atoms with Crippen LogP contribution in [-0.4, -0.2) is 24.9 Å². The minimum Gasteiger partial charge on any atom is -0.318 e. The van der Waals surface area contributed by atoms with Crippen LogP contribution in [0.1, 0.15) is 6.92 Å². The normalized spacial score (nSPS) is 10.0. The SMILES string of the molecule is C=CN(C)NCN=CC. The van der Waals surface area contributed by atoms with Gasteiger partial charge in [0.1, 0.15) is 6.67 Å². The van der Waals surface area contributed by atoms with E-state index in [-0.39, 0.29) is 0 Å². The maximum Gasteiger partial charge on any atom is 0.105 e. The van der Waals surface area contributed by atoms with Gasteiger partial charge in [0.15, 0.2) is 0 Å². The van der Waals surface area contributed by atoms with Crippen LogP contribution in [0.5, 0.6) is 0 Å². The second kappa shape index (κ2) is 5.31. The van der Waals surface area contributed by atoms with Gasteiger partial charge in [-0.25, -0.2) is 5.43 Å². The van der Waals surface area contributed by atoms with E-state index < -0.39 is 0 Å². The summed E-state index contributed by atoms with van der Waals surface area (Å²) in [5.74, 6) is 0. The fourth-order valence-electron chi connectivity index (χ4n) is 0.308. The number of hydrogen-bond acceptors (Lipinski definition) is 3. The zero-order valence-electron chi connectivity index (χ0n) is 5.96. The molecule has 0 aliphatic rings. The third-order valence-electron chi connectivity index (χ3n) is 0.868. The number of hydrogen-bond donors (Lipinski definition) is 1. The fraction of sp³-hybridized carbons (Fsp3) is 0.500. The lowest BCUT2D eigenvalue weighted by Crippen LogP contribution is -2.29. The second-order valence-corrected chi connectivity index (χ2v) is 1.55. The average molecular weight is 127 g/mol. The van der Waals surface area contributed by atoms with Gasteiger partial charge in [-0.05, 0) is 13.1 Å². The van der Waals surface area contributed by atoms with Crippen molar-refractivity contribution in [3.05, 3.63) is 12.8 Å².